The first-order chi connectivity index (χ1) is 16.0. The Labute approximate surface area is 206 Å². The predicted octanol–water partition coefficient (Wildman–Crippen LogP) is 8.90. The Bertz CT molecular complexity index is 1320. The van der Waals surface area contributed by atoms with Gasteiger partial charge in [-0.1, -0.05) is 80.9 Å². The highest BCUT2D eigenvalue weighted by molar-refractivity contribution is 5.97. The normalized spacial score (nSPS) is 18.9. The van der Waals surface area contributed by atoms with Gasteiger partial charge < -0.3 is 0 Å². The van der Waals surface area contributed by atoms with E-state index in [1.54, 1.807) is 0 Å². The lowest BCUT2D eigenvalue weighted by molar-refractivity contribution is 0.352. The Morgan fingerprint density at radius 1 is 0.941 bits per heavy atom. The number of para-hydroxylation sites is 1. The Morgan fingerprint density at radius 3 is 2.21 bits per heavy atom. The van der Waals surface area contributed by atoms with Gasteiger partial charge in [-0.25, -0.2) is 9.97 Å². The van der Waals surface area contributed by atoms with Crippen LogP contribution in [-0.4, -0.2) is 14.4 Å². The van der Waals surface area contributed by atoms with Crippen molar-refractivity contribution in [3.05, 3.63) is 66.5 Å². The molecule has 4 aromatic rings. The first kappa shape index (κ1) is 25.9. The average molecular weight is 458 g/mol. The number of benzene rings is 2. The van der Waals surface area contributed by atoms with E-state index in [1.807, 2.05) is 13.8 Å². The smallest absolute Gasteiger partial charge is 0.148 e. The zero-order valence-corrected chi connectivity index (χ0v) is 22.8. The molecule has 0 bridgehead atoms. The van der Waals surface area contributed by atoms with Crippen molar-refractivity contribution in [1.82, 2.24) is 14.4 Å². The largest absolute Gasteiger partial charge is 0.279 e. The van der Waals surface area contributed by atoms with E-state index in [-0.39, 0.29) is 16.2 Å². The molecule has 0 spiro atoms. The summed E-state index contributed by atoms with van der Waals surface area (Å²) in [6.07, 6.45) is 3.63. The maximum absolute atomic E-state index is 5.19. The van der Waals surface area contributed by atoms with Gasteiger partial charge in [0, 0.05) is 10.8 Å². The van der Waals surface area contributed by atoms with Gasteiger partial charge in [0.15, 0.2) is 0 Å². The zero-order valence-electron chi connectivity index (χ0n) is 22.8. The number of hydrogen-bond donors (Lipinski definition) is 0. The third-order valence-corrected chi connectivity index (χ3v) is 7.06. The van der Waals surface area contributed by atoms with Crippen molar-refractivity contribution in [2.45, 2.75) is 97.8 Å². The summed E-state index contributed by atoms with van der Waals surface area (Å²) in [4.78, 5) is 10.3. The minimum absolute atomic E-state index is 0.0822. The van der Waals surface area contributed by atoms with Crippen molar-refractivity contribution < 1.29 is 0 Å². The van der Waals surface area contributed by atoms with Crippen LogP contribution in [-0.2, 0) is 16.2 Å². The summed E-state index contributed by atoms with van der Waals surface area (Å²) in [5.41, 5.74) is 7.64. The first-order valence-electron chi connectivity index (χ1n) is 12.8. The van der Waals surface area contributed by atoms with Crippen LogP contribution in [0.2, 0.25) is 0 Å². The van der Waals surface area contributed by atoms with Crippen molar-refractivity contribution in [1.29, 1.82) is 0 Å². The van der Waals surface area contributed by atoms with Crippen LogP contribution in [0.4, 0.5) is 0 Å². The van der Waals surface area contributed by atoms with E-state index in [1.165, 1.54) is 35.9 Å². The van der Waals surface area contributed by atoms with Crippen LogP contribution in [0.1, 0.15) is 98.5 Å². The highest BCUT2D eigenvalue weighted by atomic mass is 15.1. The lowest BCUT2D eigenvalue weighted by Gasteiger charge is -2.27. The first-order valence-corrected chi connectivity index (χ1v) is 12.8. The number of fused-ring (bicyclic) bond motifs is 6. The molecule has 0 radical (unpaired) electrons. The van der Waals surface area contributed by atoms with E-state index in [4.69, 9.17) is 9.97 Å². The van der Waals surface area contributed by atoms with E-state index in [0.717, 1.165) is 27.9 Å². The van der Waals surface area contributed by atoms with Crippen molar-refractivity contribution >= 4 is 27.6 Å². The molecule has 2 aromatic heterocycles. The Morgan fingerprint density at radius 2 is 1.59 bits per heavy atom. The Hall–Kier alpha value is -2.68. The fraction of sp³-hybridized carbons (Fsp3) is 0.484. The molecule has 0 saturated heterocycles. The molecule has 2 aromatic carbocycles. The molecule has 1 aliphatic carbocycles. The third kappa shape index (κ3) is 4.04. The van der Waals surface area contributed by atoms with E-state index >= 15 is 0 Å². The molecular weight excluding hydrogens is 414 g/mol. The number of nitrogens with zero attached hydrogens (tertiary/aromatic N) is 3. The molecule has 3 heteroatoms. The van der Waals surface area contributed by atoms with Crippen molar-refractivity contribution in [3.63, 3.8) is 0 Å². The molecular formula is C31H43N3. The van der Waals surface area contributed by atoms with E-state index in [0.29, 0.717) is 0 Å². The minimum Gasteiger partial charge on any atom is -0.279 e. The number of imidazole rings is 1. The molecule has 5 rings (SSSR count). The Kier molecular flexibility index (Phi) is 6.99. The highest BCUT2D eigenvalue weighted by Gasteiger charge is 2.44. The molecule has 3 nitrogen and oxygen atoms in total. The molecule has 0 N–H and O–H groups in total. The van der Waals surface area contributed by atoms with Crippen LogP contribution in [0.25, 0.3) is 27.6 Å². The molecule has 1 aliphatic rings. The molecule has 0 saturated carbocycles. The van der Waals surface area contributed by atoms with Gasteiger partial charge in [0.25, 0.3) is 0 Å². The maximum Gasteiger partial charge on any atom is 0.148 e. The minimum atomic E-state index is -0.0822. The van der Waals surface area contributed by atoms with Crippen LogP contribution in [0.15, 0.2) is 49.6 Å². The van der Waals surface area contributed by atoms with Gasteiger partial charge in [-0.2, -0.15) is 0 Å². The topological polar surface area (TPSA) is 30.2 Å². The maximum atomic E-state index is 5.19. The second kappa shape index (κ2) is 9.17. The number of aromatic nitrogens is 3. The van der Waals surface area contributed by atoms with Gasteiger partial charge in [0.2, 0.25) is 0 Å². The van der Waals surface area contributed by atoms with Gasteiger partial charge in [-0.05, 0) is 59.1 Å². The quantitative estimate of drug-likeness (QED) is 0.281. The van der Waals surface area contributed by atoms with Crippen LogP contribution in [0.3, 0.4) is 0 Å². The number of hydrogen-bond acceptors (Lipinski definition) is 2. The standard InChI is InChI=1S/C27H33N3.C2H6.C2H4/c1-8-13-27(7)16-26(5,6)18-15-22-21(14-19(18)27)28-23-17-11-9-10-12-20(17)29-24(30(22)23)25(2,3)4;2*1-2/h9-12,14-15H,8,13,16H2,1-7H3;1-2H3;1-2H2. The van der Waals surface area contributed by atoms with E-state index in [2.05, 4.69) is 102 Å². The molecule has 0 amide bonds. The van der Waals surface area contributed by atoms with Crippen LogP contribution in [0, 0.1) is 0 Å². The van der Waals surface area contributed by atoms with Crippen molar-refractivity contribution in [2.24, 2.45) is 0 Å². The summed E-state index contributed by atoms with van der Waals surface area (Å²) < 4.78 is 2.32. The lowest BCUT2D eigenvalue weighted by atomic mass is 9.77. The van der Waals surface area contributed by atoms with Crippen LogP contribution < -0.4 is 0 Å². The SMILES string of the molecule is C=C.CC.CCCC1(C)CC(C)(C)c2cc3c(cc21)nc1c2ccccc2nc(C(C)(C)C)n31. The van der Waals surface area contributed by atoms with Crippen molar-refractivity contribution in [3.8, 4) is 0 Å². The fourth-order valence-corrected chi connectivity index (χ4v) is 5.95. The second-order valence-corrected chi connectivity index (χ2v) is 11.2. The Balaban J connectivity index is 0.000000771. The van der Waals surface area contributed by atoms with Crippen LogP contribution >= 0.6 is 0 Å². The van der Waals surface area contributed by atoms with Gasteiger partial charge in [-0.15, -0.1) is 13.2 Å². The lowest BCUT2D eigenvalue weighted by Crippen LogP contribution is -2.21. The zero-order chi connectivity index (χ0) is 25.5. The molecule has 1 atom stereocenters. The summed E-state index contributed by atoms with van der Waals surface area (Å²) in [5.74, 6) is 1.07. The van der Waals surface area contributed by atoms with Gasteiger partial charge in [0.05, 0.1) is 16.6 Å². The highest BCUT2D eigenvalue weighted by Crippen LogP contribution is 2.52. The molecule has 182 valence electrons. The van der Waals surface area contributed by atoms with Crippen molar-refractivity contribution in [2.75, 3.05) is 0 Å². The summed E-state index contributed by atoms with van der Waals surface area (Å²) in [6.45, 7) is 26.3. The van der Waals surface area contributed by atoms with Gasteiger partial charge in [-0.3, -0.25) is 4.40 Å². The summed E-state index contributed by atoms with van der Waals surface area (Å²) in [7, 11) is 0. The van der Waals surface area contributed by atoms with Gasteiger partial charge in [0.1, 0.15) is 11.5 Å². The number of rotatable bonds is 2. The molecule has 0 aliphatic heterocycles. The fourth-order valence-electron chi connectivity index (χ4n) is 5.95. The summed E-state index contributed by atoms with van der Waals surface area (Å²) in [6, 6.07) is 13.2. The summed E-state index contributed by atoms with van der Waals surface area (Å²) in [5, 5.41) is 1.12. The van der Waals surface area contributed by atoms with Crippen LogP contribution in [0.5, 0.6) is 0 Å². The molecule has 2 heterocycles. The van der Waals surface area contributed by atoms with E-state index in [9.17, 15) is 0 Å². The second-order valence-electron chi connectivity index (χ2n) is 11.2. The predicted molar refractivity (Wildman–Crippen MR) is 149 cm³/mol. The van der Waals surface area contributed by atoms with Gasteiger partial charge >= 0.3 is 0 Å². The summed E-state index contributed by atoms with van der Waals surface area (Å²) >= 11 is 0. The monoisotopic (exact) mass is 457 g/mol. The molecule has 1 unspecified atom stereocenters. The average Bonchev–Trinajstić information content (AvgIpc) is 3.27. The van der Waals surface area contributed by atoms with E-state index < -0.39 is 0 Å². The third-order valence-electron chi connectivity index (χ3n) is 7.06. The molecule has 34 heavy (non-hydrogen) atoms. The molecule has 0 fully saturated rings.